The Labute approximate surface area is 129 Å². The molecule has 0 bridgehead atoms. The summed E-state index contributed by atoms with van der Waals surface area (Å²) in [6.07, 6.45) is 0.722. The van der Waals surface area contributed by atoms with E-state index in [0.29, 0.717) is 0 Å². The lowest BCUT2D eigenvalue weighted by molar-refractivity contribution is -0.123. The van der Waals surface area contributed by atoms with Crippen LogP contribution in [0.3, 0.4) is 0 Å². The maximum atomic E-state index is 11.9. The van der Waals surface area contributed by atoms with Gasteiger partial charge in [-0.25, -0.2) is 4.79 Å². The number of rotatable bonds is 5. The fourth-order valence-corrected chi connectivity index (χ4v) is 2.42. The van der Waals surface area contributed by atoms with Crippen LogP contribution in [0, 0.1) is 0 Å². The largest absolute Gasteiger partial charge is 0.352 e. The second kappa shape index (κ2) is 6.93. The smallest absolute Gasteiger partial charge is 0.312 e. The molecule has 0 aliphatic carbocycles. The number of nitrogens with one attached hydrogen (secondary N) is 2. The maximum Gasteiger partial charge on any atom is 0.312 e. The van der Waals surface area contributed by atoms with Crippen molar-refractivity contribution in [2.24, 2.45) is 5.73 Å². The first-order valence-electron chi connectivity index (χ1n) is 7.29. The number of carbonyl (C=O) groups excluding carboxylic acids is 2. The number of hydrogen-bond acceptors (Lipinski definition) is 2. The Balaban J connectivity index is 1.96. The van der Waals surface area contributed by atoms with Crippen LogP contribution in [0.4, 0.5) is 4.79 Å². The molecule has 2 aromatic carbocycles. The van der Waals surface area contributed by atoms with Crippen molar-refractivity contribution in [3.63, 3.8) is 0 Å². The van der Waals surface area contributed by atoms with Crippen molar-refractivity contribution in [3.8, 4) is 0 Å². The van der Waals surface area contributed by atoms with Gasteiger partial charge >= 0.3 is 6.03 Å². The van der Waals surface area contributed by atoms with Crippen LogP contribution in [0.15, 0.2) is 42.5 Å². The highest BCUT2D eigenvalue weighted by atomic mass is 16.2. The van der Waals surface area contributed by atoms with Gasteiger partial charge in [0.15, 0.2) is 0 Å². The molecule has 2 aromatic rings. The Morgan fingerprint density at radius 3 is 2.41 bits per heavy atom. The molecule has 0 saturated heterocycles. The highest BCUT2D eigenvalue weighted by molar-refractivity contribution is 5.86. The number of carbonyl (C=O) groups is 2. The van der Waals surface area contributed by atoms with E-state index in [9.17, 15) is 9.59 Å². The Morgan fingerprint density at radius 2 is 1.73 bits per heavy atom. The Bertz CT molecular complexity index is 684. The van der Waals surface area contributed by atoms with Crippen LogP contribution in [0.25, 0.3) is 10.8 Å². The average molecular weight is 299 g/mol. The van der Waals surface area contributed by atoms with Crippen LogP contribution in [0.1, 0.15) is 19.4 Å². The van der Waals surface area contributed by atoms with Gasteiger partial charge in [0, 0.05) is 6.04 Å². The minimum absolute atomic E-state index is 0.0363. The number of fused-ring (bicyclic) bond motifs is 1. The van der Waals surface area contributed by atoms with Crippen molar-refractivity contribution in [1.82, 2.24) is 10.6 Å². The Morgan fingerprint density at radius 1 is 1.05 bits per heavy atom. The number of nitrogens with two attached hydrogens (primary N) is 1. The zero-order valence-corrected chi connectivity index (χ0v) is 12.8. The van der Waals surface area contributed by atoms with E-state index in [-0.39, 0.29) is 11.9 Å². The van der Waals surface area contributed by atoms with E-state index in [1.807, 2.05) is 19.1 Å². The monoisotopic (exact) mass is 299 g/mol. The topological polar surface area (TPSA) is 84.2 Å². The van der Waals surface area contributed by atoms with Crippen molar-refractivity contribution < 1.29 is 9.59 Å². The molecular weight excluding hydrogens is 278 g/mol. The molecule has 0 radical (unpaired) electrons. The number of amides is 3. The molecular formula is C17H21N3O2. The van der Waals surface area contributed by atoms with Gasteiger partial charge in [-0.1, -0.05) is 42.5 Å². The molecule has 0 spiro atoms. The highest BCUT2D eigenvalue weighted by Gasteiger charge is 2.16. The summed E-state index contributed by atoms with van der Waals surface area (Å²) in [7, 11) is 0. The van der Waals surface area contributed by atoms with Gasteiger partial charge in [0.2, 0.25) is 5.91 Å². The molecule has 2 atom stereocenters. The van der Waals surface area contributed by atoms with Gasteiger partial charge in [-0.3, -0.25) is 4.79 Å². The molecule has 5 nitrogen and oxygen atoms in total. The molecule has 0 heterocycles. The highest BCUT2D eigenvalue weighted by Crippen LogP contribution is 2.16. The number of benzene rings is 2. The van der Waals surface area contributed by atoms with Crippen molar-refractivity contribution in [2.45, 2.75) is 32.4 Å². The van der Waals surface area contributed by atoms with E-state index in [1.165, 1.54) is 10.8 Å². The minimum Gasteiger partial charge on any atom is -0.352 e. The third-order valence-electron chi connectivity index (χ3n) is 3.50. The lowest BCUT2D eigenvalue weighted by Crippen LogP contribution is -2.49. The summed E-state index contributed by atoms with van der Waals surface area (Å²) >= 11 is 0. The summed E-state index contributed by atoms with van der Waals surface area (Å²) < 4.78 is 0. The second-order valence-corrected chi connectivity index (χ2v) is 5.53. The fourth-order valence-electron chi connectivity index (χ4n) is 2.42. The summed E-state index contributed by atoms with van der Waals surface area (Å²) in [5, 5.41) is 7.61. The lowest BCUT2D eigenvalue weighted by atomic mass is 10.0. The van der Waals surface area contributed by atoms with Crippen LogP contribution in [-0.2, 0) is 11.2 Å². The van der Waals surface area contributed by atoms with Crippen LogP contribution in [-0.4, -0.2) is 24.0 Å². The van der Waals surface area contributed by atoms with Gasteiger partial charge in [0.05, 0.1) is 0 Å². The standard InChI is InChI=1S/C17H21N3O2/c1-11(19-16(21)12(2)20-17(18)22)9-13-7-8-14-5-3-4-6-15(14)10-13/h3-8,10-12H,9H2,1-2H3,(H,19,21)(H3,18,20,22). The Kier molecular flexibility index (Phi) is 4.99. The van der Waals surface area contributed by atoms with Gasteiger partial charge in [-0.15, -0.1) is 0 Å². The molecule has 0 aliphatic rings. The normalized spacial score (nSPS) is 13.4. The molecule has 4 N–H and O–H groups in total. The first kappa shape index (κ1) is 15.8. The van der Waals surface area contributed by atoms with Crippen LogP contribution < -0.4 is 16.4 Å². The fraction of sp³-hybridized carbons (Fsp3) is 0.294. The molecule has 0 fully saturated rings. The Hall–Kier alpha value is -2.56. The van der Waals surface area contributed by atoms with Crippen LogP contribution in [0.5, 0.6) is 0 Å². The van der Waals surface area contributed by atoms with Crippen molar-refractivity contribution in [2.75, 3.05) is 0 Å². The third kappa shape index (κ3) is 4.22. The quantitative estimate of drug-likeness (QED) is 0.788. The van der Waals surface area contributed by atoms with Crippen molar-refractivity contribution in [1.29, 1.82) is 0 Å². The predicted molar refractivity (Wildman–Crippen MR) is 87.4 cm³/mol. The molecule has 0 aliphatic heterocycles. The van der Waals surface area contributed by atoms with E-state index in [0.717, 1.165) is 12.0 Å². The van der Waals surface area contributed by atoms with E-state index >= 15 is 0 Å². The van der Waals surface area contributed by atoms with Gasteiger partial charge in [-0.2, -0.15) is 0 Å². The number of hydrogen-bond donors (Lipinski definition) is 3. The molecule has 3 amide bonds. The number of primary amides is 1. The van der Waals surface area contributed by atoms with E-state index in [1.54, 1.807) is 6.92 Å². The minimum atomic E-state index is -0.704. The van der Waals surface area contributed by atoms with Crippen molar-refractivity contribution in [3.05, 3.63) is 48.0 Å². The van der Waals surface area contributed by atoms with Gasteiger partial charge in [0.25, 0.3) is 0 Å². The SMILES string of the molecule is CC(Cc1ccc2ccccc2c1)NC(=O)C(C)NC(N)=O. The lowest BCUT2D eigenvalue weighted by Gasteiger charge is -2.18. The summed E-state index contributed by atoms with van der Waals surface area (Å²) in [4.78, 5) is 22.7. The van der Waals surface area contributed by atoms with Gasteiger partial charge in [0.1, 0.15) is 6.04 Å². The number of urea groups is 1. The molecule has 116 valence electrons. The first-order valence-corrected chi connectivity index (χ1v) is 7.29. The average Bonchev–Trinajstić information content (AvgIpc) is 2.46. The second-order valence-electron chi connectivity index (χ2n) is 5.53. The zero-order chi connectivity index (χ0) is 16.1. The third-order valence-corrected chi connectivity index (χ3v) is 3.50. The molecule has 2 rings (SSSR count). The summed E-state index contributed by atoms with van der Waals surface area (Å²) in [6, 6.07) is 13.1. The van der Waals surface area contributed by atoms with Gasteiger partial charge < -0.3 is 16.4 Å². The maximum absolute atomic E-state index is 11.9. The summed E-state index contributed by atoms with van der Waals surface area (Å²) in [5.41, 5.74) is 6.16. The predicted octanol–water partition coefficient (Wildman–Crippen LogP) is 1.94. The molecule has 0 saturated carbocycles. The summed E-state index contributed by atoms with van der Waals surface area (Å²) in [6.45, 7) is 3.53. The summed E-state index contributed by atoms with van der Waals surface area (Å²) in [5.74, 6) is -0.243. The van der Waals surface area contributed by atoms with E-state index in [2.05, 4.69) is 41.0 Å². The molecule has 22 heavy (non-hydrogen) atoms. The van der Waals surface area contributed by atoms with E-state index in [4.69, 9.17) is 5.73 Å². The van der Waals surface area contributed by atoms with E-state index < -0.39 is 12.1 Å². The van der Waals surface area contributed by atoms with Crippen LogP contribution >= 0.6 is 0 Å². The first-order chi connectivity index (χ1) is 10.5. The zero-order valence-electron chi connectivity index (χ0n) is 12.8. The van der Waals surface area contributed by atoms with Crippen LogP contribution in [0.2, 0.25) is 0 Å². The molecule has 5 heteroatoms. The molecule has 0 aromatic heterocycles. The van der Waals surface area contributed by atoms with Crippen molar-refractivity contribution >= 4 is 22.7 Å². The molecule has 2 unspecified atom stereocenters. The van der Waals surface area contributed by atoms with Gasteiger partial charge in [-0.05, 0) is 36.6 Å².